The second kappa shape index (κ2) is 10.7. The Hall–Kier alpha value is -3.04. The van der Waals surface area contributed by atoms with Crippen molar-refractivity contribution in [1.82, 2.24) is 5.32 Å². The molecule has 4 saturated heterocycles. The summed E-state index contributed by atoms with van der Waals surface area (Å²) in [6.45, 7) is 6.08. The fraction of sp³-hybridized carbons (Fsp3) is 0.500. The first-order chi connectivity index (χ1) is 19.3. The Morgan fingerprint density at radius 1 is 1.00 bits per heavy atom. The van der Waals surface area contributed by atoms with Gasteiger partial charge in [-0.15, -0.1) is 0 Å². The Bertz CT molecular complexity index is 1260. The third-order valence-electron chi connectivity index (χ3n) is 9.20. The van der Waals surface area contributed by atoms with E-state index in [1.54, 1.807) is 36.4 Å². The molecule has 1 N–H and O–H groups in total. The van der Waals surface area contributed by atoms with Crippen LogP contribution in [-0.4, -0.2) is 42.2 Å². The highest BCUT2D eigenvalue weighted by Gasteiger charge is 2.69. The molecule has 2 aromatic carbocycles. The van der Waals surface area contributed by atoms with Gasteiger partial charge < -0.3 is 19.5 Å². The molecule has 7 rings (SSSR count). The number of carbonyl (C=O) groups is 2. The van der Waals surface area contributed by atoms with Gasteiger partial charge in [-0.25, -0.2) is 9.78 Å². The summed E-state index contributed by atoms with van der Waals surface area (Å²) in [5.41, 5.74) is 0.833. The monoisotopic (exact) mass is 547 g/mol. The van der Waals surface area contributed by atoms with Crippen LogP contribution in [0.2, 0.25) is 0 Å². The van der Waals surface area contributed by atoms with Crippen LogP contribution in [0.4, 0.5) is 0 Å². The van der Waals surface area contributed by atoms with Crippen LogP contribution in [0.5, 0.6) is 5.75 Å². The van der Waals surface area contributed by atoms with E-state index in [4.69, 9.17) is 24.0 Å². The molecule has 1 saturated carbocycles. The topological polar surface area (TPSA) is 92.3 Å². The van der Waals surface area contributed by atoms with E-state index >= 15 is 0 Å². The summed E-state index contributed by atoms with van der Waals surface area (Å²) in [6, 6.07) is 16.4. The molecule has 4 heterocycles. The smallest absolute Gasteiger partial charge is 0.259 e. The van der Waals surface area contributed by atoms with Crippen LogP contribution >= 0.6 is 0 Å². The molecule has 8 nitrogen and oxygen atoms in total. The Morgan fingerprint density at radius 3 is 2.55 bits per heavy atom. The third kappa shape index (κ3) is 4.98. The molecule has 4 aliphatic heterocycles. The summed E-state index contributed by atoms with van der Waals surface area (Å²) in [5, 5.41) is 3.01. The molecule has 0 radical (unpaired) electrons. The highest BCUT2D eigenvalue weighted by molar-refractivity contribution is 6.06. The van der Waals surface area contributed by atoms with Crippen molar-refractivity contribution in [1.29, 1.82) is 0 Å². The fourth-order valence-electron chi connectivity index (χ4n) is 6.97. The first kappa shape index (κ1) is 27.1. The van der Waals surface area contributed by atoms with Crippen molar-refractivity contribution in [2.45, 2.75) is 70.4 Å². The van der Waals surface area contributed by atoms with E-state index in [0.29, 0.717) is 17.2 Å². The number of nitrogens with one attached hydrogen (secondary N) is 1. The number of allylic oxidation sites excluding steroid dienone is 1. The van der Waals surface area contributed by atoms with Gasteiger partial charge in [-0.2, -0.15) is 0 Å². The van der Waals surface area contributed by atoms with Crippen molar-refractivity contribution < 1.29 is 33.6 Å². The van der Waals surface area contributed by atoms with Gasteiger partial charge in [0.2, 0.25) is 5.79 Å². The number of ether oxygens (including phenoxy) is 3. The average molecular weight is 548 g/mol. The summed E-state index contributed by atoms with van der Waals surface area (Å²) in [5.74, 6) is 0.118. The van der Waals surface area contributed by atoms with Crippen molar-refractivity contribution in [3.63, 3.8) is 0 Å². The van der Waals surface area contributed by atoms with E-state index in [-0.39, 0.29) is 36.1 Å². The Balaban J connectivity index is 1.06. The van der Waals surface area contributed by atoms with Crippen molar-refractivity contribution in [2.75, 3.05) is 6.61 Å². The molecule has 40 heavy (non-hydrogen) atoms. The minimum atomic E-state index is -0.860. The number of carbonyl (C=O) groups excluding carboxylic acids is 2. The average Bonchev–Trinajstić information content (AvgIpc) is 3.20. The Kier molecular flexibility index (Phi) is 7.29. The first-order valence-electron chi connectivity index (χ1n) is 14.3. The first-order valence-corrected chi connectivity index (χ1v) is 14.3. The van der Waals surface area contributed by atoms with Crippen LogP contribution in [0.25, 0.3) is 6.08 Å². The lowest BCUT2D eigenvalue weighted by Gasteiger charge is -2.60. The standard InChI is InChI=1S/C32H37NO7/c1-20-9-15-26-21(2)29(37-30-32(26)25(20)17-18-31(3,38-30)39-40-32)33-28(35)19-36-24-13-11-23(12-14-24)27(34)16-10-22-7-5-4-6-8-22/h4-8,10-14,16,20-21,25-26,29-30H,9,15,17-19H2,1-3H3,(H,33,35)/b16-10+/t20-,21-,25+,26+,29+,30-,31+,32-/m1/s1. The number of rotatable bonds is 7. The van der Waals surface area contributed by atoms with Crippen LogP contribution in [0.15, 0.2) is 60.7 Å². The van der Waals surface area contributed by atoms with E-state index in [9.17, 15) is 9.59 Å². The molecule has 0 unspecified atom stereocenters. The molecular weight excluding hydrogens is 510 g/mol. The summed E-state index contributed by atoms with van der Waals surface area (Å²) in [6.07, 6.45) is 5.93. The molecule has 1 amide bonds. The van der Waals surface area contributed by atoms with Crippen molar-refractivity contribution in [2.24, 2.45) is 23.7 Å². The van der Waals surface area contributed by atoms with E-state index in [0.717, 1.165) is 31.2 Å². The van der Waals surface area contributed by atoms with Gasteiger partial charge >= 0.3 is 0 Å². The van der Waals surface area contributed by atoms with Gasteiger partial charge in [-0.05, 0) is 73.9 Å². The van der Waals surface area contributed by atoms with Crippen molar-refractivity contribution >= 4 is 17.8 Å². The minimum Gasteiger partial charge on any atom is -0.484 e. The SMILES string of the molecule is C[C@H]1[C@@H](NC(=O)COc2ccc(C(=O)/C=C/c3ccccc3)cc2)O[C@@H]2O[C@]3(C)CC[C@H]4[C@H](C)CC[C@@H]1[C@@]24OO3. The van der Waals surface area contributed by atoms with Gasteiger partial charge in [-0.3, -0.25) is 9.59 Å². The second-order valence-electron chi connectivity index (χ2n) is 11.8. The lowest BCUT2D eigenvalue weighted by atomic mass is 9.58. The maximum Gasteiger partial charge on any atom is 0.259 e. The van der Waals surface area contributed by atoms with Crippen molar-refractivity contribution in [3.8, 4) is 5.75 Å². The Morgan fingerprint density at radius 2 is 1.77 bits per heavy atom. The molecule has 8 heteroatoms. The minimum absolute atomic E-state index is 0.000840. The fourth-order valence-corrected chi connectivity index (χ4v) is 6.97. The molecule has 0 aromatic heterocycles. The van der Waals surface area contributed by atoms with Crippen LogP contribution < -0.4 is 10.1 Å². The maximum atomic E-state index is 12.9. The molecule has 1 spiro atoms. The van der Waals surface area contributed by atoms with E-state index in [1.165, 1.54) is 0 Å². The normalized spacial score (nSPS) is 36.5. The molecular formula is C32H37NO7. The molecule has 2 bridgehead atoms. The highest BCUT2D eigenvalue weighted by Crippen LogP contribution is 2.60. The van der Waals surface area contributed by atoms with Gasteiger partial charge in [0.05, 0.1) is 0 Å². The van der Waals surface area contributed by atoms with E-state index < -0.39 is 23.9 Å². The Labute approximate surface area is 234 Å². The molecule has 5 aliphatic rings. The lowest BCUT2D eigenvalue weighted by molar-refractivity contribution is -0.571. The van der Waals surface area contributed by atoms with Gasteiger partial charge in [0.1, 0.15) is 12.0 Å². The summed E-state index contributed by atoms with van der Waals surface area (Å²) >= 11 is 0. The number of benzene rings is 2. The zero-order valence-electron chi connectivity index (χ0n) is 23.2. The summed E-state index contributed by atoms with van der Waals surface area (Å²) in [7, 11) is 0. The number of ketones is 1. The number of fused-ring (bicyclic) bond motifs is 2. The van der Waals surface area contributed by atoms with Crippen LogP contribution in [0, 0.1) is 23.7 Å². The molecule has 8 atom stereocenters. The van der Waals surface area contributed by atoms with Crippen LogP contribution in [0.1, 0.15) is 62.4 Å². The zero-order chi connectivity index (χ0) is 27.9. The second-order valence-corrected chi connectivity index (χ2v) is 11.8. The molecule has 5 fully saturated rings. The zero-order valence-corrected chi connectivity index (χ0v) is 23.2. The largest absolute Gasteiger partial charge is 0.484 e. The predicted molar refractivity (Wildman–Crippen MR) is 147 cm³/mol. The van der Waals surface area contributed by atoms with Crippen molar-refractivity contribution in [3.05, 3.63) is 71.8 Å². The summed E-state index contributed by atoms with van der Waals surface area (Å²) in [4.78, 5) is 37.4. The summed E-state index contributed by atoms with van der Waals surface area (Å²) < 4.78 is 18.5. The third-order valence-corrected chi connectivity index (χ3v) is 9.20. The van der Waals surface area contributed by atoms with E-state index in [2.05, 4.69) is 19.2 Å². The van der Waals surface area contributed by atoms with Gasteiger partial charge in [0.25, 0.3) is 5.91 Å². The quantitative estimate of drug-likeness (QED) is 0.286. The predicted octanol–water partition coefficient (Wildman–Crippen LogP) is 5.29. The molecule has 1 aliphatic carbocycles. The van der Waals surface area contributed by atoms with Crippen LogP contribution in [-0.2, 0) is 24.0 Å². The van der Waals surface area contributed by atoms with Gasteiger partial charge in [-0.1, -0.05) is 50.3 Å². The van der Waals surface area contributed by atoms with E-state index in [1.807, 2.05) is 37.3 Å². The number of hydrogen-bond acceptors (Lipinski definition) is 7. The molecule has 212 valence electrons. The highest BCUT2D eigenvalue weighted by atomic mass is 17.3. The lowest BCUT2D eigenvalue weighted by Crippen LogP contribution is -2.72. The van der Waals surface area contributed by atoms with Crippen LogP contribution in [0.3, 0.4) is 0 Å². The maximum absolute atomic E-state index is 12.9. The number of amides is 1. The van der Waals surface area contributed by atoms with Gasteiger partial charge in [0, 0.05) is 23.8 Å². The molecule has 2 aromatic rings. The van der Waals surface area contributed by atoms with Gasteiger partial charge in [0.15, 0.2) is 24.3 Å². The number of hydrogen-bond donors (Lipinski definition) is 1.